The summed E-state index contributed by atoms with van der Waals surface area (Å²) in [5.41, 5.74) is 1.93. The molecular formula is C12H16O3. The minimum Gasteiger partial charge on any atom is -0.481 e. The number of benzene rings is 1. The molecular weight excluding hydrogens is 192 g/mol. The first kappa shape index (κ1) is 11.7. The summed E-state index contributed by atoms with van der Waals surface area (Å²) < 4.78 is 0. The molecule has 0 aliphatic rings. The Kier molecular flexibility index (Phi) is 4.31. The van der Waals surface area contributed by atoms with Crippen molar-refractivity contribution in [3.05, 3.63) is 35.4 Å². The van der Waals surface area contributed by atoms with E-state index in [2.05, 4.69) is 0 Å². The monoisotopic (exact) mass is 208 g/mol. The minimum absolute atomic E-state index is 0.000779. The lowest BCUT2D eigenvalue weighted by atomic mass is 9.98. The molecule has 3 nitrogen and oxygen atoms in total. The number of carboxylic acid groups (broad SMARTS) is 1. The average Bonchev–Trinajstić information content (AvgIpc) is 2.25. The van der Waals surface area contributed by atoms with E-state index in [9.17, 15) is 9.90 Å². The van der Waals surface area contributed by atoms with Crippen LogP contribution in [0.4, 0.5) is 0 Å². The quantitative estimate of drug-likeness (QED) is 0.779. The van der Waals surface area contributed by atoms with Crippen LogP contribution in [0.15, 0.2) is 24.3 Å². The number of carboxylic acids is 1. The molecule has 3 heteroatoms. The summed E-state index contributed by atoms with van der Waals surface area (Å²) in [6.45, 7) is 2.02. The van der Waals surface area contributed by atoms with E-state index < -0.39 is 12.1 Å². The molecule has 0 aromatic heterocycles. The molecule has 82 valence electrons. The van der Waals surface area contributed by atoms with Crippen molar-refractivity contribution in [3.63, 3.8) is 0 Å². The second-order valence-corrected chi connectivity index (χ2v) is 3.50. The number of rotatable bonds is 5. The van der Waals surface area contributed by atoms with Crippen molar-refractivity contribution in [3.8, 4) is 0 Å². The van der Waals surface area contributed by atoms with Crippen molar-refractivity contribution >= 4 is 5.97 Å². The van der Waals surface area contributed by atoms with E-state index in [0.717, 1.165) is 17.5 Å². The fourth-order valence-corrected chi connectivity index (χ4v) is 1.60. The van der Waals surface area contributed by atoms with Gasteiger partial charge in [0.05, 0.1) is 6.10 Å². The smallest absolute Gasteiger partial charge is 0.303 e. The highest BCUT2D eigenvalue weighted by atomic mass is 16.4. The fraction of sp³-hybridized carbons (Fsp3) is 0.417. The number of carbonyl (C=O) groups is 1. The topological polar surface area (TPSA) is 57.5 Å². The molecule has 0 fully saturated rings. The summed E-state index contributed by atoms with van der Waals surface area (Å²) in [6, 6.07) is 7.59. The van der Waals surface area contributed by atoms with E-state index >= 15 is 0 Å². The Hall–Kier alpha value is -1.35. The van der Waals surface area contributed by atoms with Gasteiger partial charge in [0, 0.05) is 6.42 Å². The Morgan fingerprint density at radius 2 is 2.07 bits per heavy atom. The maximum atomic E-state index is 10.4. The molecule has 1 atom stereocenters. The van der Waals surface area contributed by atoms with Gasteiger partial charge in [-0.2, -0.15) is 0 Å². The predicted octanol–water partition coefficient (Wildman–Crippen LogP) is 2.15. The fourth-order valence-electron chi connectivity index (χ4n) is 1.60. The van der Waals surface area contributed by atoms with Crippen LogP contribution in [0.25, 0.3) is 0 Å². The molecule has 0 amide bonds. The van der Waals surface area contributed by atoms with Crippen LogP contribution in [-0.2, 0) is 11.2 Å². The van der Waals surface area contributed by atoms with Gasteiger partial charge in [-0.3, -0.25) is 4.79 Å². The highest BCUT2D eigenvalue weighted by molar-refractivity contribution is 5.66. The highest BCUT2D eigenvalue weighted by Gasteiger charge is 2.12. The largest absolute Gasteiger partial charge is 0.481 e. The molecule has 0 aliphatic heterocycles. The van der Waals surface area contributed by atoms with Gasteiger partial charge in [0.1, 0.15) is 0 Å². The molecule has 1 aromatic rings. The zero-order valence-corrected chi connectivity index (χ0v) is 8.81. The van der Waals surface area contributed by atoms with Crippen LogP contribution < -0.4 is 0 Å². The van der Waals surface area contributed by atoms with E-state index in [1.54, 1.807) is 0 Å². The lowest BCUT2D eigenvalue weighted by Crippen LogP contribution is -2.04. The van der Waals surface area contributed by atoms with E-state index in [1.807, 2.05) is 31.2 Å². The minimum atomic E-state index is -0.872. The summed E-state index contributed by atoms with van der Waals surface area (Å²) in [7, 11) is 0. The Labute approximate surface area is 89.4 Å². The van der Waals surface area contributed by atoms with Crippen LogP contribution in [0, 0.1) is 0 Å². The van der Waals surface area contributed by atoms with Crippen molar-refractivity contribution in [1.82, 2.24) is 0 Å². The lowest BCUT2D eigenvalue weighted by molar-refractivity contribution is -0.137. The maximum absolute atomic E-state index is 10.4. The van der Waals surface area contributed by atoms with Crippen LogP contribution in [-0.4, -0.2) is 16.2 Å². The Balaban J connectivity index is 2.72. The second kappa shape index (κ2) is 5.51. The van der Waals surface area contributed by atoms with Crippen LogP contribution >= 0.6 is 0 Å². The van der Waals surface area contributed by atoms with Gasteiger partial charge in [-0.15, -0.1) is 0 Å². The number of aliphatic hydroxyl groups excluding tert-OH is 1. The first-order valence-electron chi connectivity index (χ1n) is 5.12. The zero-order valence-electron chi connectivity index (χ0n) is 8.81. The molecule has 1 aromatic carbocycles. The number of hydrogen-bond donors (Lipinski definition) is 2. The molecule has 2 N–H and O–H groups in total. The van der Waals surface area contributed by atoms with Gasteiger partial charge < -0.3 is 10.2 Å². The van der Waals surface area contributed by atoms with E-state index in [1.165, 1.54) is 0 Å². The van der Waals surface area contributed by atoms with Gasteiger partial charge in [0.25, 0.3) is 0 Å². The van der Waals surface area contributed by atoms with Crippen molar-refractivity contribution in [2.45, 2.75) is 32.3 Å². The number of hydrogen-bond acceptors (Lipinski definition) is 2. The third-order valence-electron chi connectivity index (χ3n) is 2.43. The standard InChI is InChI=1S/C12H16O3/c1-2-9-5-3-4-6-10(9)11(13)7-8-12(14)15/h3-6,11,13H,2,7-8H2,1H3,(H,14,15). The molecule has 0 bridgehead atoms. The summed E-state index contributed by atoms with van der Waals surface area (Å²) in [6.07, 6.45) is 0.448. The third-order valence-corrected chi connectivity index (χ3v) is 2.43. The van der Waals surface area contributed by atoms with Gasteiger partial charge in [-0.25, -0.2) is 0 Å². The number of aliphatic hydroxyl groups is 1. The van der Waals surface area contributed by atoms with Gasteiger partial charge in [0.15, 0.2) is 0 Å². The Morgan fingerprint density at radius 3 is 2.67 bits per heavy atom. The molecule has 0 aliphatic carbocycles. The van der Waals surface area contributed by atoms with Gasteiger partial charge in [0.2, 0.25) is 0 Å². The van der Waals surface area contributed by atoms with Crippen molar-refractivity contribution < 1.29 is 15.0 Å². The van der Waals surface area contributed by atoms with Crippen molar-refractivity contribution in [2.75, 3.05) is 0 Å². The normalized spacial score (nSPS) is 12.4. The van der Waals surface area contributed by atoms with Gasteiger partial charge in [-0.05, 0) is 24.0 Å². The molecule has 1 unspecified atom stereocenters. The number of aryl methyl sites for hydroxylation is 1. The Morgan fingerprint density at radius 1 is 1.40 bits per heavy atom. The first-order valence-corrected chi connectivity index (χ1v) is 5.12. The van der Waals surface area contributed by atoms with Crippen LogP contribution in [0.1, 0.15) is 37.0 Å². The molecule has 0 radical (unpaired) electrons. The van der Waals surface area contributed by atoms with Crippen LogP contribution in [0.2, 0.25) is 0 Å². The molecule has 15 heavy (non-hydrogen) atoms. The zero-order chi connectivity index (χ0) is 11.3. The number of aliphatic carboxylic acids is 1. The highest BCUT2D eigenvalue weighted by Crippen LogP contribution is 2.22. The van der Waals surface area contributed by atoms with Crippen molar-refractivity contribution in [2.24, 2.45) is 0 Å². The summed E-state index contributed by atoms with van der Waals surface area (Å²) in [5, 5.41) is 18.3. The Bertz CT molecular complexity index is 333. The molecule has 0 spiro atoms. The molecule has 0 heterocycles. The van der Waals surface area contributed by atoms with E-state index in [4.69, 9.17) is 5.11 Å². The first-order chi connectivity index (χ1) is 7.15. The lowest BCUT2D eigenvalue weighted by Gasteiger charge is -2.13. The molecule has 0 saturated heterocycles. The van der Waals surface area contributed by atoms with Gasteiger partial charge in [-0.1, -0.05) is 31.2 Å². The predicted molar refractivity (Wildman–Crippen MR) is 57.6 cm³/mol. The summed E-state index contributed by atoms with van der Waals surface area (Å²) in [4.78, 5) is 10.4. The summed E-state index contributed by atoms with van der Waals surface area (Å²) >= 11 is 0. The summed E-state index contributed by atoms with van der Waals surface area (Å²) in [5.74, 6) is -0.872. The second-order valence-electron chi connectivity index (χ2n) is 3.50. The molecule has 1 rings (SSSR count). The third kappa shape index (κ3) is 3.36. The van der Waals surface area contributed by atoms with E-state index in [-0.39, 0.29) is 12.8 Å². The van der Waals surface area contributed by atoms with Crippen molar-refractivity contribution in [1.29, 1.82) is 0 Å². The molecule has 0 saturated carbocycles. The maximum Gasteiger partial charge on any atom is 0.303 e. The average molecular weight is 208 g/mol. The van der Waals surface area contributed by atoms with Crippen LogP contribution in [0.5, 0.6) is 0 Å². The SMILES string of the molecule is CCc1ccccc1C(O)CCC(=O)O. The van der Waals surface area contributed by atoms with E-state index in [0.29, 0.717) is 0 Å². The van der Waals surface area contributed by atoms with Crippen LogP contribution in [0.3, 0.4) is 0 Å². The van der Waals surface area contributed by atoms with Gasteiger partial charge >= 0.3 is 5.97 Å².